The highest BCUT2D eigenvalue weighted by atomic mass is 32.2. The van der Waals surface area contributed by atoms with Gasteiger partial charge in [0, 0.05) is 36.9 Å². The SMILES string of the molecule is O=C(Nc1ccccc1)NC1CCN(C(=O)c2cccc(S(=O)(=O)NCc3ccccc3)c2)CC1. The minimum Gasteiger partial charge on any atom is -0.338 e. The van der Waals surface area contributed by atoms with Crippen LogP contribution in [0, 0.1) is 0 Å². The normalized spacial score (nSPS) is 14.3. The Balaban J connectivity index is 1.31. The van der Waals surface area contributed by atoms with Crippen molar-refractivity contribution in [3.63, 3.8) is 0 Å². The van der Waals surface area contributed by atoms with E-state index in [0.29, 0.717) is 37.2 Å². The lowest BCUT2D eigenvalue weighted by molar-refractivity contribution is 0.0708. The zero-order valence-electron chi connectivity index (χ0n) is 19.2. The summed E-state index contributed by atoms with van der Waals surface area (Å²) in [5, 5.41) is 5.74. The maximum atomic E-state index is 13.0. The molecular formula is C26H28N4O4S. The van der Waals surface area contributed by atoms with Crippen LogP contribution in [0.2, 0.25) is 0 Å². The van der Waals surface area contributed by atoms with Crippen LogP contribution in [-0.2, 0) is 16.6 Å². The first kappa shape index (κ1) is 24.4. The van der Waals surface area contributed by atoms with Crippen LogP contribution in [-0.4, -0.2) is 44.4 Å². The van der Waals surface area contributed by atoms with Crippen molar-refractivity contribution in [1.29, 1.82) is 0 Å². The van der Waals surface area contributed by atoms with Gasteiger partial charge in [0.1, 0.15) is 0 Å². The van der Waals surface area contributed by atoms with Gasteiger partial charge in [0.25, 0.3) is 5.91 Å². The van der Waals surface area contributed by atoms with Gasteiger partial charge in [-0.25, -0.2) is 17.9 Å². The van der Waals surface area contributed by atoms with Gasteiger partial charge in [0.05, 0.1) is 4.90 Å². The molecule has 0 saturated carbocycles. The molecule has 4 rings (SSSR count). The third-order valence-corrected chi connectivity index (χ3v) is 7.25. The molecule has 9 heteroatoms. The molecule has 1 fully saturated rings. The molecule has 1 aliphatic rings. The summed E-state index contributed by atoms with van der Waals surface area (Å²) in [6, 6.07) is 24.2. The van der Waals surface area contributed by atoms with Crippen molar-refractivity contribution in [3.8, 4) is 0 Å². The van der Waals surface area contributed by atoms with Gasteiger partial charge in [0.15, 0.2) is 0 Å². The molecule has 3 aromatic carbocycles. The monoisotopic (exact) mass is 492 g/mol. The Hall–Kier alpha value is -3.69. The Morgan fingerprint density at radius 3 is 2.20 bits per heavy atom. The van der Waals surface area contributed by atoms with Crippen LogP contribution >= 0.6 is 0 Å². The molecule has 0 unspecified atom stereocenters. The smallest absolute Gasteiger partial charge is 0.319 e. The van der Waals surface area contributed by atoms with Crippen LogP contribution in [0.15, 0.2) is 89.8 Å². The second-order valence-corrected chi connectivity index (χ2v) is 10.1. The highest BCUT2D eigenvalue weighted by molar-refractivity contribution is 7.89. The number of hydrogen-bond donors (Lipinski definition) is 3. The maximum Gasteiger partial charge on any atom is 0.319 e. The summed E-state index contributed by atoms with van der Waals surface area (Å²) >= 11 is 0. The van der Waals surface area contributed by atoms with Crippen LogP contribution in [0.5, 0.6) is 0 Å². The molecule has 182 valence electrons. The van der Waals surface area contributed by atoms with Gasteiger partial charge in [-0.2, -0.15) is 0 Å². The number of hydrogen-bond acceptors (Lipinski definition) is 4. The van der Waals surface area contributed by atoms with E-state index in [2.05, 4.69) is 15.4 Å². The summed E-state index contributed by atoms with van der Waals surface area (Å²) in [6.07, 6.45) is 1.23. The maximum absolute atomic E-state index is 13.0. The summed E-state index contributed by atoms with van der Waals surface area (Å²) in [4.78, 5) is 27.0. The molecule has 0 radical (unpaired) electrons. The van der Waals surface area contributed by atoms with Crippen molar-refractivity contribution in [2.24, 2.45) is 0 Å². The van der Waals surface area contributed by atoms with E-state index in [1.807, 2.05) is 60.7 Å². The second-order valence-electron chi connectivity index (χ2n) is 8.37. The van der Waals surface area contributed by atoms with Crippen molar-refractivity contribution >= 4 is 27.6 Å². The van der Waals surface area contributed by atoms with Crippen molar-refractivity contribution in [2.75, 3.05) is 18.4 Å². The Kier molecular flexibility index (Phi) is 7.79. The molecular weight excluding hydrogens is 464 g/mol. The first-order valence-electron chi connectivity index (χ1n) is 11.5. The standard InChI is InChI=1S/C26H28N4O4S/c31-25(30-16-14-23(15-17-30)29-26(32)28-22-11-5-2-6-12-22)21-10-7-13-24(18-21)35(33,34)27-19-20-8-3-1-4-9-20/h1-13,18,23,27H,14-17,19H2,(H2,28,29,32). The van der Waals surface area contributed by atoms with E-state index in [4.69, 9.17) is 0 Å². The zero-order chi connectivity index (χ0) is 24.7. The van der Waals surface area contributed by atoms with Crippen LogP contribution in [0.25, 0.3) is 0 Å². The van der Waals surface area contributed by atoms with Gasteiger partial charge in [-0.15, -0.1) is 0 Å². The topological polar surface area (TPSA) is 108 Å². The average molecular weight is 493 g/mol. The number of urea groups is 1. The molecule has 3 amide bonds. The predicted molar refractivity (Wildman–Crippen MR) is 134 cm³/mol. The molecule has 0 bridgehead atoms. The van der Waals surface area contributed by atoms with E-state index in [1.54, 1.807) is 17.0 Å². The minimum absolute atomic E-state index is 0.0448. The van der Waals surface area contributed by atoms with Crippen molar-refractivity contribution < 1.29 is 18.0 Å². The molecule has 35 heavy (non-hydrogen) atoms. The molecule has 1 heterocycles. The summed E-state index contributed by atoms with van der Waals surface area (Å²) in [5.41, 5.74) is 1.88. The Morgan fingerprint density at radius 1 is 0.857 bits per heavy atom. The molecule has 1 saturated heterocycles. The van der Waals surface area contributed by atoms with Gasteiger partial charge in [-0.3, -0.25) is 4.79 Å². The van der Waals surface area contributed by atoms with Gasteiger partial charge in [0.2, 0.25) is 10.0 Å². The van der Waals surface area contributed by atoms with Crippen LogP contribution < -0.4 is 15.4 Å². The quantitative estimate of drug-likeness (QED) is 0.468. The Bertz CT molecular complexity index is 1260. The fraction of sp³-hybridized carbons (Fsp3) is 0.231. The van der Waals surface area contributed by atoms with E-state index >= 15 is 0 Å². The summed E-state index contributed by atoms with van der Waals surface area (Å²) in [5.74, 6) is -0.225. The summed E-state index contributed by atoms with van der Waals surface area (Å²) < 4.78 is 28.1. The van der Waals surface area contributed by atoms with Crippen molar-refractivity contribution in [2.45, 2.75) is 30.3 Å². The van der Waals surface area contributed by atoms with E-state index in [1.165, 1.54) is 12.1 Å². The number of nitrogens with zero attached hydrogens (tertiary/aromatic N) is 1. The number of piperidine rings is 1. The Morgan fingerprint density at radius 2 is 1.51 bits per heavy atom. The molecule has 8 nitrogen and oxygen atoms in total. The number of para-hydroxylation sites is 1. The van der Waals surface area contributed by atoms with Gasteiger partial charge >= 0.3 is 6.03 Å². The Labute approximate surface area is 205 Å². The third kappa shape index (κ3) is 6.68. The zero-order valence-corrected chi connectivity index (χ0v) is 20.0. The predicted octanol–water partition coefficient (Wildman–Crippen LogP) is 3.59. The molecule has 0 atom stereocenters. The van der Waals surface area contributed by atoms with E-state index in [0.717, 1.165) is 5.56 Å². The number of anilines is 1. The van der Waals surface area contributed by atoms with Gasteiger partial charge in [-0.05, 0) is 48.7 Å². The van der Waals surface area contributed by atoms with Crippen LogP contribution in [0.1, 0.15) is 28.8 Å². The number of carbonyl (C=O) groups is 2. The van der Waals surface area contributed by atoms with Crippen molar-refractivity contribution in [3.05, 3.63) is 96.1 Å². The summed E-state index contributed by atoms with van der Waals surface area (Å²) in [7, 11) is -3.77. The number of nitrogens with one attached hydrogen (secondary N) is 3. The number of amides is 3. The van der Waals surface area contributed by atoms with E-state index in [9.17, 15) is 18.0 Å². The lowest BCUT2D eigenvalue weighted by Crippen LogP contribution is -2.47. The largest absolute Gasteiger partial charge is 0.338 e. The highest BCUT2D eigenvalue weighted by Crippen LogP contribution is 2.18. The molecule has 3 N–H and O–H groups in total. The van der Waals surface area contributed by atoms with E-state index < -0.39 is 10.0 Å². The lowest BCUT2D eigenvalue weighted by atomic mass is 10.0. The van der Waals surface area contributed by atoms with E-state index in [-0.39, 0.29) is 29.4 Å². The van der Waals surface area contributed by atoms with Crippen molar-refractivity contribution in [1.82, 2.24) is 14.9 Å². The number of rotatable bonds is 7. The summed E-state index contributed by atoms with van der Waals surface area (Å²) in [6.45, 7) is 1.11. The molecule has 0 aliphatic carbocycles. The molecule has 1 aliphatic heterocycles. The highest BCUT2D eigenvalue weighted by Gasteiger charge is 2.25. The van der Waals surface area contributed by atoms with Gasteiger partial charge < -0.3 is 15.5 Å². The number of benzene rings is 3. The fourth-order valence-corrected chi connectivity index (χ4v) is 5.00. The second kappa shape index (κ2) is 11.2. The first-order chi connectivity index (χ1) is 16.9. The fourth-order valence-electron chi connectivity index (χ4n) is 3.94. The molecule has 0 aromatic heterocycles. The number of likely N-dealkylation sites (tertiary alicyclic amines) is 1. The third-order valence-electron chi connectivity index (χ3n) is 5.85. The lowest BCUT2D eigenvalue weighted by Gasteiger charge is -2.32. The molecule has 0 spiro atoms. The van der Waals surface area contributed by atoms with Crippen LogP contribution in [0.4, 0.5) is 10.5 Å². The average Bonchev–Trinajstić information content (AvgIpc) is 2.89. The first-order valence-corrected chi connectivity index (χ1v) is 12.9. The van der Waals surface area contributed by atoms with Crippen LogP contribution in [0.3, 0.4) is 0 Å². The van der Waals surface area contributed by atoms with Gasteiger partial charge in [-0.1, -0.05) is 54.6 Å². The molecule has 3 aromatic rings. The number of sulfonamides is 1. The minimum atomic E-state index is -3.77. The number of carbonyl (C=O) groups excluding carboxylic acids is 2.